The molecule has 0 atom stereocenters. The van der Waals surface area contributed by atoms with Crippen LogP contribution in [0.15, 0.2) is 29.0 Å². The number of furan rings is 1. The van der Waals surface area contributed by atoms with E-state index in [1.165, 1.54) is 0 Å². The van der Waals surface area contributed by atoms with Crippen LogP contribution < -0.4 is 5.73 Å². The smallest absolute Gasteiger partial charge is 0.131 e. The number of nitrogens with zero attached hydrogens (tertiary/aromatic N) is 2. The van der Waals surface area contributed by atoms with E-state index >= 15 is 0 Å². The molecular weight excluding hydrogens is 222 g/mol. The van der Waals surface area contributed by atoms with Crippen molar-refractivity contribution in [2.24, 2.45) is 0 Å². The molecule has 2 heterocycles. The third kappa shape index (κ3) is 2.76. The van der Waals surface area contributed by atoms with Crippen molar-refractivity contribution in [1.29, 1.82) is 0 Å². The second-order valence-corrected chi connectivity index (χ2v) is 4.39. The van der Waals surface area contributed by atoms with Gasteiger partial charge in [0.15, 0.2) is 0 Å². The fourth-order valence-corrected chi connectivity index (χ4v) is 2.19. The van der Waals surface area contributed by atoms with E-state index in [2.05, 4.69) is 9.97 Å². The molecule has 2 aromatic heterocycles. The van der Waals surface area contributed by atoms with E-state index in [1.807, 2.05) is 19.1 Å². The molecule has 0 aliphatic carbocycles. The van der Waals surface area contributed by atoms with Crippen molar-refractivity contribution in [1.82, 2.24) is 9.97 Å². The molecule has 0 amide bonds. The summed E-state index contributed by atoms with van der Waals surface area (Å²) >= 11 is 1.73. The van der Waals surface area contributed by atoms with E-state index in [1.54, 1.807) is 24.2 Å². The maximum absolute atomic E-state index is 5.79. The highest BCUT2D eigenvalue weighted by Gasteiger charge is 2.03. The van der Waals surface area contributed by atoms with Crippen LogP contribution in [0.4, 0.5) is 5.82 Å². The molecule has 0 aromatic carbocycles. The number of nitrogens with two attached hydrogens (primary N) is 1. The van der Waals surface area contributed by atoms with Gasteiger partial charge < -0.3 is 10.2 Å². The Balaban J connectivity index is 1.90. The Bertz CT molecular complexity index is 456. The zero-order chi connectivity index (χ0) is 11.4. The molecule has 0 unspecified atom stereocenters. The topological polar surface area (TPSA) is 64.9 Å². The number of aromatic nitrogens is 2. The van der Waals surface area contributed by atoms with Crippen molar-refractivity contribution in [3.63, 3.8) is 0 Å². The zero-order valence-corrected chi connectivity index (χ0v) is 9.83. The maximum Gasteiger partial charge on any atom is 0.131 e. The average molecular weight is 235 g/mol. The lowest BCUT2D eigenvalue weighted by Gasteiger charge is -2.03. The summed E-state index contributed by atoms with van der Waals surface area (Å²) in [6, 6.07) is 3.85. The molecule has 16 heavy (non-hydrogen) atoms. The lowest BCUT2D eigenvalue weighted by Crippen LogP contribution is -2.00. The lowest BCUT2D eigenvalue weighted by atomic mass is 10.3. The molecule has 0 saturated heterocycles. The molecule has 0 fully saturated rings. The minimum atomic E-state index is 0.569. The number of thioether (sulfide) groups is 1. The molecule has 0 radical (unpaired) electrons. The molecule has 2 N–H and O–H groups in total. The highest BCUT2D eigenvalue weighted by atomic mass is 32.2. The van der Waals surface area contributed by atoms with E-state index in [0.717, 1.165) is 22.8 Å². The van der Waals surface area contributed by atoms with Crippen LogP contribution in [-0.2, 0) is 11.5 Å². The van der Waals surface area contributed by atoms with Crippen LogP contribution in [0.25, 0.3) is 0 Å². The van der Waals surface area contributed by atoms with Gasteiger partial charge in [-0.2, -0.15) is 0 Å². The van der Waals surface area contributed by atoms with E-state index in [9.17, 15) is 0 Å². The van der Waals surface area contributed by atoms with Crippen molar-refractivity contribution in [3.8, 4) is 0 Å². The van der Waals surface area contributed by atoms with Gasteiger partial charge in [-0.15, -0.1) is 11.8 Å². The van der Waals surface area contributed by atoms with Gasteiger partial charge in [0.1, 0.15) is 17.4 Å². The van der Waals surface area contributed by atoms with E-state index in [4.69, 9.17) is 10.2 Å². The predicted octanol–water partition coefficient (Wildman–Crippen LogP) is 2.39. The third-order valence-electron chi connectivity index (χ3n) is 2.10. The molecule has 2 aromatic rings. The summed E-state index contributed by atoms with van der Waals surface area (Å²) < 4.78 is 5.24. The first-order chi connectivity index (χ1) is 7.75. The highest BCUT2D eigenvalue weighted by molar-refractivity contribution is 7.97. The molecule has 5 heteroatoms. The van der Waals surface area contributed by atoms with Crippen LogP contribution in [0.1, 0.15) is 17.1 Å². The third-order valence-corrected chi connectivity index (χ3v) is 3.10. The summed E-state index contributed by atoms with van der Waals surface area (Å²) in [5.41, 5.74) is 6.77. The molecule has 0 bridgehead atoms. The Morgan fingerprint density at radius 2 is 2.31 bits per heavy atom. The number of hydrogen-bond donors (Lipinski definition) is 1. The Morgan fingerprint density at radius 1 is 1.44 bits per heavy atom. The van der Waals surface area contributed by atoms with Gasteiger partial charge in [-0.25, -0.2) is 9.97 Å². The SMILES string of the molecule is Cc1ncc(CSCc2ccco2)c(N)n1. The summed E-state index contributed by atoms with van der Waals surface area (Å²) in [5, 5.41) is 0. The Morgan fingerprint density at radius 3 is 3.00 bits per heavy atom. The maximum atomic E-state index is 5.79. The van der Waals surface area contributed by atoms with Crippen LogP contribution in [0.3, 0.4) is 0 Å². The predicted molar refractivity (Wildman–Crippen MR) is 64.9 cm³/mol. The summed E-state index contributed by atoms with van der Waals surface area (Å²) in [6.07, 6.45) is 3.46. The van der Waals surface area contributed by atoms with E-state index < -0.39 is 0 Å². The van der Waals surface area contributed by atoms with Gasteiger partial charge in [0, 0.05) is 17.5 Å². The van der Waals surface area contributed by atoms with E-state index in [0.29, 0.717) is 11.6 Å². The number of rotatable bonds is 4. The largest absolute Gasteiger partial charge is 0.468 e. The number of anilines is 1. The van der Waals surface area contributed by atoms with Crippen LogP contribution >= 0.6 is 11.8 Å². The minimum Gasteiger partial charge on any atom is -0.468 e. The first kappa shape index (κ1) is 11.0. The van der Waals surface area contributed by atoms with Crippen molar-refractivity contribution in [2.45, 2.75) is 18.4 Å². The van der Waals surface area contributed by atoms with Gasteiger partial charge in [-0.3, -0.25) is 0 Å². The molecule has 0 saturated carbocycles. The van der Waals surface area contributed by atoms with E-state index in [-0.39, 0.29) is 0 Å². The van der Waals surface area contributed by atoms with Gasteiger partial charge in [0.2, 0.25) is 0 Å². The van der Waals surface area contributed by atoms with Gasteiger partial charge in [0.25, 0.3) is 0 Å². The molecular formula is C11H13N3OS. The molecule has 2 rings (SSSR count). The highest BCUT2D eigenvalue weighted by Crippen LogP contribution is 2.20. The fourth-order valence-electron chi connectivity index (χ4n) is 1.28. The zero-order valence-electron chi connectivity index (χ0n) is 9.01. The lowest BCUT2D eigenvalue weighted by molar-refractivity contribution is 0.530. The molecule has 84 valence electrons. The second kappa shape index (κ2) is 5.03. The van der Waals surface area contributed by atoms with Crippen LogP contribution in [0.2, 0.25) is 0 Å². The standard InChI is InChI=1S/C11H13N3OS/c1-8-13-5-9(11(12)14-8)6-16-7-10-3-2-4-15-10/h2-5H,6-7H2,1H3,(H2,12,13,14). The Hall–Kier alpha value is -1.49. The average Bonchev–Trinajstić information content (AvgIpc) is 2.74. The monoisotopic (exact) mass is 235 g/mol. The first-order valence-electron chi connectivity index (χ1n) is 4.94. The van der Waals surface area contributed by atoms with Gasteiger partial charge in [-0.05, 0) is 19.1 Å². The van der Waals surface area contributed by atoms with Crippen LogP contribution in [0.5, 0.6) is 0 Å². The minimum absolute atomic E-state index is 0.569. The first-order valence-corrected chi connectivity index (χ1v) is 6.09. The quantitative estimate of drug-likeness (QED) is 0.881. The van der Waals surface area contributed by atoms with Crippen molar-refractivity contribution >= 4 is 17.6 Å². The number of aryl methyl sites for hydroxylation is 1. The number of hydrogen-bond acceptors (Lipinski definition) is 5. The fraction of sp³-hybridized carbons (Fsp3) is 0.273. The van der Waals surface area contributed by atoms with Crippen LogP contribution in [-0.4, -0.2) is 9.97 Å². The normalized spacial score (nSPS) is 10.6. The van der Waals surface area contributed by atoms with Crippen LogP contribution in [0, 0.1) is 6.92 Å². The molecule has 0 aliphatic rings. The van der Waals surface area contributed by atoms with Gasteiger partial charge in [-0.1, -0.05) is 0 Å². The molecule has 0 aliphatic heterocycles. The Labute approximate surface area is 98.3 Å². The van der Waals surface area contributed by atoms with Crippen molar-refractivity contribution in [3.05, 3.63) is 41.7 Å². The van der Waals surface area contributed by atoms with Crippen molar-refractivity contribution in [2.75, 3.05) is 5.73 Å². The van der Waals surface area contributed by atoms with Gasteiger partial charge >= 0.3 is 0 Å². The summed E-state index contributed by atoms with van der Waals surface area (Å²) in [6.45, 7) is 1.83. The number of nitrogen functional groups attached to an aromatic ring is 1. The summed E-state index contributed by atoms with van der Waals surface area (Å²) in [4.78, 5) is 8.25. The van der Waals surface area contributed by atoms with Crippen molar-refractivity contribution < 1.29 is 4.42 Å². The molecule has 0 spiro atoms. The summed E-state index contributed by atoms with van der Waals surface area (Å²) in [5.74, 6) is 3.88. The summed E-state index contributed by atoms with van der Waals surface area (Å²) in [7, 11) is 0. The van der Waals surface area contributed by atoms with Gasteiger partial charge in [0.05, 0.1) is 12.0 Å². The molecule has 4 nitrogen and oxygen atoms in total. The Kier molecular flexibility index (Phi) is 3.46. The second-order valence-electron chi connectivity index (χ2n) is 3.40.